The van der Waals surface area contributed by atoms with Crippen molar-refractivity contribution in [2.24, 2.45) is 0 Å². The van der Waals surface area contributed by atoms with E-state index in [0.717, 1.165) is 31.7 Å². The van der Waals surface area contributed by atoms with Crippen LogP contribution in [0.4, 0.5) is 10.1 Å². The molecule has 94 valence electrons. The van der Waals surface area contributed by atoms with E-state index in [9.17, 15) is 4.39 Å². The van der Waals surface area contributed by atoms with Gasteiger partial charge >= 0.3 is 0 Å². The molecule has 0 atom stereocenters. The highest BCUT2D eigenvalue weighted by atomic mass is 19.1. The zero-order valence-corrected chi connectivity index (χ0v) is 9.82. The summed E-state index contributed by atoms with van der Waals surface area (Å²) in [5, 5.41) is 3.13. The first kappa shape index (κ1) is 12.3. The molecule has 17 heavy (non-hydrogen) atoms. The fourth-order valence-corrected chi connectivity index (χ4v) is 1.86. The molecule has 1 N–H and O–H groups in total. The molecular weight excluding hydrogens is 221 g/mol. The maximum atomic E-state index is 12.9. The summed E-state index contributed by atoms with van der Waals surface area (Å²) in [6.07, 6.45) is 2.26. The molecule has 1 aliphatic rings. The number of anilines is 1. The summed E-state index contributed by atoms with van der Waals surface area (Å²) in [7, 11) is 0. The van der Waals surface area contributed by atoms with Crippen LogP contribution in [-0.4, -0.2) is 32.5 Å². The van der Waals surface area contributed by atoms with Gasteiger partial charge in [-0.05, 0) is 31.0 Å². The Balaban J connectivity index is 1.62. The molecule has 0 saturated carbocycles. The Morgan fingerprint density at radius 3 is 2.94 bits per heavy atom. The molecule has 1 aromatic rings. The maximum absolute atomic E-state index is 12.9. The molecule has 0 unspecified atom stereocenters. The van der Waals surface area contributed by atoms with E-state index in [1.165, 1.54) is 12.1 Å². The predicted octanol–water partition coefficient (Wildman–Crippen LogP) is 2.43. The lowest BCUT2D eigenvalue weighted by atomic mass is 10.2. The first-order valence-corrected chi connectivity index (χ1v) is 6.03. The largest absolute Gasteiger partial charge is 0.383 e. The van der Waals surface area contributed by atoms with Crippen molar-refractivity contribution in [2.45, 2.75) is 18.9 Å². The average molecular weight is 239 g/mol. The highest BCUT2D eigenvalue weighted by molar-refractivity contribution is 5.42. The van der Waals surface area contributed by atoms with E-state index in [1.807, 2.05) is 6.07 Å². The Morgan fingerprint density at radius 1 is 1.35 bits per heavy atom. The first-order valence-electron chi connectivity index (χ1n) is 6.03. The lowest BCUT2D eigenvalue weighted by molar-refractivity contribution is -0.0283. The fraction of sp³-hybridized carbons (Fsp3) is 0.538. The topological polar surface area (TPSA) is 30.5 Å². The second kappa shape index (κ2) is 6.57. The van der Waals surface area contributed by atoms with E-state index < -0.39 is 0 Å². The lowest BCUT2D eigenvalue weighted by Gasteiger charge is -2.22. The number of halogens is 1. The Kier molecular flexibility index (Phi) is 4.76. The molecule has 0 aliphatic carbocycles. The van der Waals surface area contributed by atoms with Gasteiger partial charge in [-0.15, -0.1) is 0 Å². The molecule has 4 heteroatoms. The molecule has 2 rings (SSSR count). The van der Waals surface area contributed by atoms with Gasteiger partial charge in [-0.2, -0.15) is 0 Å². The summed E-state index contributed by atoms with van der Waals surface area (Å²) >= 11 is 0. The predicted molar refractivity (Wildman–Crippen MR) is 64.7 cm³/mol. The standard InChI is InChI=1S/C13H18FNO2/c14-11-2-1-3-12(10-11)15-6-9-17-13-4-7-16-8-5-13/h1-3,10,13,15H,4-9H2. The van der Waals surface area contributed by atoms with Gasteiger partial charge in [0.15, 0.2) is 0 Å². The van der Waals surface area contributed by atoms with Crippen molar-refractivity contribution in [2.75, 3.05) is 31.7 Å². The van der Waals surface area contributed by atoms with Crippen LogP contribution < -0.4 is 5.32 Å². The van der Waals surface area contributed by atoms with Gasteiger partial charge in [0.2, 0.25) is 0 Å². The highest BCUT2D eigenvalue weighted by Crippen LogP contribution is 2.11. The Bertz CT molecular complexity index is 340. The maximum Gasteiger partial charge on any atom is 0.125 e. The van der Waals surface area contributed by atoms with Gasteiger partial charge in [0.05, 0.1) is 12.7 Å². The lowest BCUT2D eigenvalue weighted by Crippen LogP contribution is -2.25. The summed E-state index contributed by atoms with van der Waals surface area (Å²) < 4.78 is 23.8. The van der Waals surface area contributed by atoms with E-state index in [-0.39, 0.29) is 5.82 Å². The van der Waals surface area contributed by atoms with Crippen molar-refractivity contribution in [3.05, 3.63) is 30.1 Å². The molecule has 0 aromatic heterocycles. The fourth-order valence-electron chi connectivity index (χ4n) is 1.86. The van der Waals surface area contributed by atoms with Gasteiger partial charge < -0.3 is 14.8 Å². The monoisotopic (exact) mass is 239 g/mol. The van der Waals surface area contributed by atoms with Crippen LogP contribution in [0, 0.1) is 5.82 Å². The molecule has 1 aromatic carbocycles. The summed E-state index contributed by atoms with van der Waals surface area (Å²) in [5.74, 6) is -0.222. The minimum absolute atomic E-state index is 0.222. The van der Waals surface area contributed by atoms with Gasteiger partial charge in [0, 0.05) is 25.4 Å². The highest BCUT2D eigenvalue weighted by Gasteiger charge is 2.13. The zero-order valence-electron chi connectivity index (χ0n) is 9.82. The number of ether oxygens (including phenoxy) is 2. The minimum atomic E-state index is -0.222. The van der Waals surface area contributed by atoms with Crippen molar-refractivity contribution < 1.29 is 13.9 Å². The summed E-state index contributed by atoms with van der Waals surface area (Å²) in [4.78, 5) is 0. The normalized spacial score (nSPS) is 17.0. The van der Waals surface area contributed by atoms with Gasteiger partial charge in [-0.1, -0.05) is 6.07 Å². The van der Waals surface area contributed by atoms with Crippen molar-refractivity contribution in [1.29, 1.82) is 0 Å². The third kappa shape index (κ3) is 4.32. The van der Waals surface area contributed by atoms with Crippen LogP contribution in [0.3, 0.4) is 0 Å². The van der Waals surface area contributed by atoms with Crippen LogP contribution in [0.25, 0.3) is 0 Å². The third-order valence-corrected chi connectivity index (χ3v) is 2.78. The second-order valence-electron chi connectivity index (χ2n) is 4.12. The van der Waals surface area contributed by atoms with Gasteiger partial charge in [0.25, 0.3) is 0 Å². The van der Waals surface area contributed by atoms with E-state index in [0.29, 0.717) is 19.3 Å². The zero-order chi connectivity index (χ0) is 11.9. The second-order valence-corrected chi connectivity index (χ2v) is 4.12. The van der Waals surface area contributed by atoms with Crippen molar-refractivity contribution in [1.82, 2.24) is 0 Å². The van der Waals surface area contributed by atoms with Gasteiger partial charge in [0.1, 0.15) is 5.82 Å². The molecule has 0 spiro atoms. The average Bonchev–Trinajstić information content (AvgIpc) is 2.36. The van der Waals surface area contributed by atoms with E-state index in [1.54, 1.807) is 6.07 Å². The van der Waals surface area contributed by atoms with E-state index in [4.69, 9.17) is 9.47 Å². The number of rotatable bonds is 5. The molecule has 3 nitrogen and oxygen atoms in total. The molecule has 0 amide bonds. The van der Waals surface area contributed by atoms with Crippen LogP contribution in [0.1, 0.15) is 12.8 Å². The molecule has 0 bridgehead atoms. The van der Waals surface area contributed by atoms with E-state index >= 15 is 0 Å². The molecule has 1 heterocycles. The van der Waals surface area contributed by atoms with Crippen molar-refractivity contribution in [3.8, 4) is 0 Å². The number of benzene rings is 1. The molecule has 1 aliphatic heterocycles. The summed E-state index contributed by atoms with van der Waals surface area (Å²) in [5.41, 5.74) is 0.792. The van der Waals surface area contributed by atoms with Crippen molar-refractivity contribution in [3.63, 3.8) is 0 Å². The van der Waals surface area contributed by atoms with Crippen LogP contribution in [0.5, 0.6) is 0 Å². The van der Waals surface area contributed by atoms with Crippen LogP contribution in [0.2, 0.25) is 0 Å². The van der Waals surface area contributed by atoms with Crippen LogP contribution in [0.15, 0.2) is 24.3 Å². The van der Waals surface area contributed by atoms with Crippen molar-refractivity contribution >= 4 is 5.69 Å². The van der Waals surface area contributed by atoms with Gasteiger partial charge in [-0.3, -0.25) is 0 Å². The van der Waals surface area contributed by atoms with Crippen LogP contribution >= 0.6 is 0 Å². The first-order chi connectivity index (χ1) is 8.34. The Morgan fingerprint density at radius 2 is 2.18 bits per heavy atom. The molecule has 1 saturated heterocycles. The molecule has 1 fully saturated rings. The Hall–Kier alpha value is -1.13. The summed E-state index contributed by atoms with van der Waals surface area (Å²) in [6, 6.07) is 6.45. The molecule has 0 radical (unpaired) electrons. The number of hydrogen-bond acceptors (Lipinski definition) is 3. The smallest absolute Gasteiger partial charge is 0.125 e. The SMILES string of the molecule is Fc1cccc(NCCOC2CCOCC2)c1. The molecular formula is C13H18FNO2. The quantitative estimate of drug-likeness (QED) is 0.800. The van der Waals surface area contributed by atoms with Gasteiger partial charge in [-0.25, -0.2) is 4.39 Å². The minimum Gasteiger partial charge on any atom is -0.383 e. The Labute approximate surface area is 101 Å². The van der Waals surface area contributed by atoms with Crippen LogP contribution in [-0.2, 0) is 9.47 Å². The van der Waals surface area contributed by atoms with E-state index in [2.05, 4.69) is 5.32 Å². The summed E-state index contributed by atoms with van der Waals surface area (Å²) in [6.45, 7) is 2.92. The number of hydrogen-bond donors (Lipinski definition) is 1. The number of nitrogens with one attached hydrogen (secondary N) is 1. The third-order valence-electron chi connectivity index (χ3n) is 2.78.